The van der Waals surface area contributed by atoms with Crippen LogP contribution in [-0.2, 0) is 14.2 Å². The van der Waals surface area contributed by atoms with Gasteiger partial charge >= 0.3 is 0 Å². The van der Waals surface area contributed by atoms with Gasteiger partial charge in [0.2, 0.25) is 5.28 Å². The van der Waals surface area contributed by atoms with Crippen LogP contribution in [0.2, 0.25) is 5.28 Å². The number of fused-ring (bicyclic) bond motifs is 2. The molecule has 2 fully saturated rings. The van der Waals surface area contributed by atoms with Gasteiger partial charge in [-0.15, -0.1) is 0 Å². The number of nitrogen functional groups attached to an aromatic ring is 1. The lowest BCUT2D eigenvalue weighted by molar-refractivity contribution is -0.199. The molecule has 10 heteroatoms. The van der Waals surface area contributed by atoms with E-state index in [2.05, 4.69) is 15.0 Å². The molecule has 0 spiro atoms. The van der Waals surface area contributed by atoms with Gasteiger partial charge in [-0.1, -0.05) is 0 Å². The van der Waals surface area contributed by atoms with E-state index in [1.165, 1.54) is 0 Å². The van der Waals surface area contributed by atoms with Gasteiger partial charge < -0.3 is 25.1 Å². The molecule has 2 aromatic heterocycles. The number of nitrogens with two attached hydrogens (primary N) is 1. The summed E-state index contributed by atoms with van der Waals surface area (Å²) >= 11 is 5.89. The summed E-state index contributed by atoms with van der Waals surface area (Å²) < 4.78 is 19.3. The molecular weight excluding hydrogens is 326 g/mol. The highest BCUT2D eigenvalue weighted by molar-refractivity contribution is 6.28. The van der Waals surface area contributed by atoms with Crippen LogP contribution in [0.3, 0.4) is 0 Å². The van der Waals surface area contributed by atoms with Crippen molar-refractivity contribution in [3.05, 3.63) is 11.6 Å². The third-order valence-electron chi connectivity index (χ3n) is 4.00. The first kappa shape index (κ1) is 15.0. The van der Waals surface area contributed by atoms with Crippen LogP contribution >= 0.6 is 11.6 Å². The molecule has 2 saturated heterocycles. The molecule has 0 radical (unpaired) electrons. The van der Waals surface area contributed by atoms with Crippen molar-refractivity contribution in [1.82, 2.24) is 19.5 Å². The monoisotopic (exact) mass is 341 g/mol. The molecule has 0 aromatic carbocycles. The molecule has 4 rings (SSSR count). The molecule has 0 bridgehead atoms. The van der Waals surface area contributed by atoms with Gasteiger partial charge in [0.25, 0.3) is 0 Å². The molecule has 23 heavy (non-hydrogen) atoms. The number of hydrogen-bond donors (Lipinski definition) is 2. The smallest absolute Gasteiger partial charge is 0.226 e. The first-order valence-electron chi connectivity index (χ1n) is 7.17. The lowest BCUT2D eigenvalue weighted by Gasteiger charge is -2.24. The summed E-state index contributed by atoms with van der Waals surface area (Å²) in [6.45, 7) is 3.46. The topological polar surface area (TPSA) is 118 Å². The Kier molecular flexibility index (Phi) is 3.26. The summed E-state index contributed by atoms with van der Waals surface area (Å²) in [5.41, 5.74) is 6.70. The van der Waals surface area contributed by atoms with Gasteiger partial charge in [0.1, 0.15) is 23.8 Å². The molecule has 124 valence electrons. The molecule has 9 nitrogen and oxygen atoms in total. The van der Waals surface area contributed by atoms with Crippen LogP contribution in [0.25, 0.3) is 11.2 Å². The van der Waals surface area contributed by atoms with Crippen molar-refractivity contribution in [2.75, 3.05) is 12.3 Å². The van der Waals surface area contributed by atoms with E-state index in [0.717, 1.165) is 0 Å². The zero-order valence-corrected chi connectivity index (χ0v) is 13.3. The number of nitrogens with zero attached hydrogens (tertiary/aromatic N) is 4. The van der Waals surface area contributed by atoms with Crippen molar-refractivity contribution in [2.24, 2.45) is 0 Å². The molecule has 2 aromatic rings. The van der Waals surface area contributed by atoms with Crippen LogP contribution in [0, 0.1) is 0 Å². The standard InChI is InChI=1S/C13H16ClN5O4/c1-13(2)22-7-5(3-20)21-11(8(7)23-13)19-4-16-6-9(15)17-12(14)18-10(6)19/h4-5,7-8,11,20H,3H2,1-2H3,(H2,15,17,18). The predicted octanol–water partition coefficient (Wildman–Crippen LogP) is 0.472. The van der Waals surface area contributed by atoms with Crippen LogP contribution < -0.4 is 5.73 Å². The Morgan fingerprint density at radius 3 is 2.83 bits per heavy atom. The highest BCUT2D eigenvalue weighted by Crippen LogP contribution is 2.43. The number of imidazole rings is 1. The fourth-order valence-electron chi connectivity index (χ4n) is 3.13. The van der Waals surface area contributed by atoms with E-state index >= 15 is 0 Å². The van der Waals surface area contributed by atoms with Gasteiger partial charge in [0, 0.05) is 0 Å². The van der Waals surface area contributed by atoms with Gasteiger partial charge in [0.15, 0.2) is 23.5 Å². The second kappa shape index (κ2) is 4.99. The molecule has 0 aliphatic carbocycles. The van der Waals surface area contributed by atoms with Crippen molar-refractivity contribution in [3.63, 3.8) is 0 Å². The Balaban J connectivity index is 1.79. The van der Waals surface area contributed by atoms with E-state index in [-0.39, 0.29) is 23.8 Å². The van der Waals surface area contributed by atoms with E-state index < -0.39 is 24.2 Å². The Hall–Kier alpha value is -1.52. The Bertz CT molecular complexity index is 766. The summed E-state index contributed by atoms with van der Waals surface area (Å²) in [7, 11) is 0. The highest BCUT2D eigenvalue weighted by Gasteiger charge is 2.55. The summed E-state index contributed by atoms with van der Waals surface area (Å²) in [6.07, 6.45) is -0.308. The Morgan fingerprint density at radius 2 is 2.09 bits per heavy atom. The van der Waals surface area contributed by atoms with Gasteiger partial charge in [-0.05, 0) is 25.4 Å². The van der Waals surface area contributed by atoms with E-state index in [1.54, 1.807) is 10.9 Å². The predicted molar refractivity (Wildman–Crippen MR) is 79.6 cm³/mol. The minimum Gasteiger partial charge on any atom is -0.394 e. The van der Waals surface area contributed by atoms with Crippen molar-refractivity contribution >= 4 is 28.6 Å². The number of aromatic nitrogens is 4. The molecule has 0 saturated carbocycles. The van der Waals surface area contributed by atoms with Gasteiger partial charge in [-0.2, -0.15) is 9.97 Å². The largest absolute Gasteiger partial charge is 0.394 e. The molecule has 0 amide bonds. The number of aliphatic hydroxyl groups is 1. The van der Waals surface area contributed by atoms with E-state index in [4.69, 9.17) is 31.5 Å². The molecule has 4 heterocycles. The third-order valence-corrected chi connectivity index (χ3v) is 4.17. The van der Waals surface area contributed by atoms with Gasteiger partial charge in [-0.3, -0.25) is 4.57 Å². The zero-order chi connectivity index (χ0) is 16.4. The van der Waals surface area contributed by atoms with E-state index in [9.17, 15) is 5.11 Å². The van der Waals surface area contributed by atoms with Crippen molar-refractivity contribution in [2.45, 2.75) is 44.2 Å². The second-order valence-electron chi connectivity index (χ2n) is 6.01. The summed E-state index contributed by atoms with van der Waals surface area (Å²) in [5.74, 6) is -0.566. The number of anilines is 1. The van der Waals surface area contributed by atoms with E-state index in [0.29, 0.717) is 11.2 Å². The lowest BCUT2D eigenvalue weighted by atomic mass is 10.1. The first-order valence-corrected chi connectivity index (χ1v) is 7.55. The van der Waals surface area contributed by atoms with Gasteiger partial charge in [0.05, 0.1) is 12.9 Å². The number of halogens is 1. The zero-order valence-electron chi connectivity index (χ0n) is 12.5. The highest BCUT2D eigenvalue weighted by atomic mass is 35.5. The van der Waals surface area contributed by atoms with Crippen LogP contribution in [0.15, 0.2) is 6.33 Å². The average molecular weight is 342 g/mol. The molecular formula is C13H16ClN5O4. The fourth-order valence-corrected chi connectivity index (χ4v) is 3.30. The molecule has 2 aliphatic rings. The SMILES string of the molecule is CC1(C)OC2C(CO)OC(n3cnc4c(N)nc(Cl)nc43)C2O1. The molecule has 3 N–H and O–H groups in total. The first-order chi connectivity index (χ1) is 10.9. The number of rotatable bonds is 2. The van der Waals surface area contributed by atoms with Crippen molar-refractivity contribution < 1.29 is 19.3 Å². The average Bonchev–Trinajstić information content (AvgIpc) is 3.09. The molecule has 4 unspecified atom stereocenters. The maximum atomic E-state index is 9.55. The lowest BCUT2D eigenvalue weighted by Crippen LogP contribution is -2.31. The number of hydrogen-bond acceptors (Lipinski definition) is 8. The van der Waals surface area contributed by atoms with E-state index in [1.807, 2.05) is 13.8 Å². The normalized spacial score (nSPS) is 32.5. The van der Waals surface area contributed by atoms with Crippen molar-refractivity contribution in [1.29, 1.82) is 0 Å². The van der Waals surface area contributed by atoms with Crippen molar-refractivity contribution in [3.8, 4) is 0 Å². The maximum Gasteiger partial charge on any atom is 0.226 e. The quantitative estimate of drug-likeness (QED) is 0.757. The summed E-state index contributed by atoms with van der Waals surface area (Å²) in [4.78, 5) is 12.3. The van der Waals surface area contributed by atoms with Crippen LogP contribution in [0.4, 0.5) is 5.82 Å². The minimum absolute atomic E-state index is 0.0222. The third kappa shape index (κ3) is 2.27. The fraction of sp³-hybridized carbons (Fsp3) is 0.615. The Labute approximate surface area is 136 Å². The minimum atomic E-state index is -0.757. The van der Waals surface area contributed by atoms with Gasteiger partial charge in [-0.25, -0.2) is 4.98 Å². The number of ether oxygens (including phenoxy) is 3. The Morgan fingerprint density at radius 1 is 1.35 bits per heavy atom. The summed E-state index contributed by atoms with van der Waals surface area (Å²) in [6, 6.07) is 0. The maximum absolute atomic E-state index is 9.55. The van der Waals surface area contributed by atoms with Crippen LogP contribution in [0.5, 0.6) is 0 Å². The number of aliphatic hydroxyl groups excluding tert-OH is 1. The molecule has 4 atom stereocenters. The van der Waals surface area contributed by atoms with Crippen LogP contribution in [0.1, 0.15) is 20.1 Å². The second-order valence-corrected chi connectivity index (χ2v) is 6.35. The van der Waals surface area contributed by atoms with Crippen LogP contribution in [-0.4, -0.2) is 55.3 Å². The molecule has 2 aliphatic heterocycles. The summed E-state index contributed by atoms with van der Waals surface area (Å²) in [5, 5.41) is 9.57.